The van der Waals surface area contributed by atoms with Gasteiger partial charge in [0.1, 0.15) is 6.10 Å². The lowest BCUT2D eigenvalue weighted by Gasteiger charge is -2.08. The summed E-state index contributed by atoms with van der Waals surface area (Å²) in [4.78, 5) is 0. The van der Waals surface area contributed by atoms with E-state index in [-0.39, 0.29) is 0 Å². The van der Waals surface area contributed by atoms with Gasteiger partial charge in [-0.3, -0.25) is 0 Å². The summed E-state index contributed by atoms with van der Waals surface area (Å²) in [5.74, 6) is 2.28. The number of aliphatic hydroxyl groups is 1. The molecule has 0 heterocycles. The van der Waals surface area contributed by atoms with Crippen LogP contribution in [0, 0.1) is 19.3 Å². The van der Waals surface area contributed by atoms with E-state index in [4.69, 9.17) is 6.42 Å². The standard InChI is InChI=1S/C10H9BrO/c1-3-10(12)8-5-4-6-9(11)7(8)2/h1,4-6,10,12H,2H3. The minimum atomic E-state index is -0.803. The van der Waals surface area contributed by atoms with Crippen LogP contribution in [0.2, 0.25) is 0 Å². The highest BCUT2D eigenvalue weighted by molar-refractivity contribution is 9.10. The van der Waals surface area contributed by atoms with E-state index in [2.05, 4.69) is 21.9 Å². The highest BCUT2D eigenvalue weighted by atomic mass is 79.9. The molecular formula is C10H9BrO. The zero-order chi connectivity index (χ0) is 9.14. The van der Waals surface area contributed by atoms with Gasteiger partial charge in [0.05, 0.1) is 0 Å². The summed E-state index contributed by atoms with van der Waals surface area (Å²) in [7, 11) is 0. The van der Waals surface area contributed by atoms with E-state index < -0.39 is 6.10 Å². The van der Waals surface area contributed by atoms with E-state index in [0.717, 1.165) is 15.6 Å². The Balaban J connectivity index is 3.18. The van der Waals surface area contributed by atoms with Crippen LogP contribution in [0.1, 0.15) is 17.2 Å². The zero-order valence-corrected chi connectivity index (χ0v) is 8.30. The minimum Gasteiger partial charge on any atom is -0.376 e. The molecule has 62 valence electrons. The number of rotatable bonds is 1. The summed E-state index contributed by atoms with van der Waals surface area (Å²) < 4.78 is 0.967. The number of terminal acetylenes is 1. The number of benzene rings is 1. The van der Waals surface area contributed by atoms with E-state index in [0.29, 0.717) is 0 Å². The largest absolute Gasteiger partial charge is 0.376 e. The molecule has 0 radical (unpaired) electrons. The monoisotopic (exact) mass is 224 g/mol. The molecule has 1 rings (SSSR count). The number of hydrogen-bond acceptors (Lipinski definition) is 1. The van der Waals surface area contributed by atoms with Gasteiger partial charge >= 0.3 is 0 Å². The van der Waals surface area contributed by atoms with Crippen LogP contribution in [0.4, 0.5) is 0 Å². The highest BCUT2D eigenvalue weighted by Gasteiger charge is 2.07. The van der Waals surface area contributed by atoms with Gasteiger partial charge in [0, 0.05) is 4.47 Å². The molecule has 0 aliphatic heterocycles. The Hall–Kier alpha value is -0.780. The lowest BCUT2D eigenvalue weighted by Crippen LogP contribution is -1.96. The van der Waals surface area contributed by atoms with Gasteiger partial charge in [-0.1, -0.05) is 34.0 Å². The Kier molecular flexibility index (Phi) is 2.91. The Morgan fingerprint density at radius 3 is 2.83 bits per heavy atom. The van der Waals surface area contributed by atoms with Gasteiger partial charge in [-0.25, -0.2) is 0 Å². The Morgan fingerprint density at radius 1 is 1.58 bits per heavy atom. The smallest absolute Gasteiger partial charge is 0.140 e. The van der Waals surface area contributed by atoms with Gasteiger partial charge in [0.25, 0.3) is 0 Å². The molecule has 1 N–H and O–H groups in total. The second-order valence-corrected chi connectivity index (χ2v) is 3.38. The molecule has 1 unspecified atom stereocenters. The number of hydrogen-bond donors (Lipinski definition) is 1. The van der Waals surface area contributed by atoms with Crippen molar-refractivity contribution in [3.63, 3.8) is 0 Å². The van der Waals surface area contributed by atoms with Crippen molar-refractivity contribution in [2.45, 2.75) is 13.0 Å². The van der Waals surface area contributed by atoms with Gasteiger partial charge in [-0.05, 0) is 24.1 Å². The van der Waals surface area contributed by atoms with Gasteiger partial charge in [-0.2, -0.15) is 0 Å². The Morgan fingerprint density at radius 2 is 2.25 bits per heavy atom. The summed E-state index contributed by atoms with van der Waals surface area (Å²) in [5, 5.41) is 9.38. The van der Waals surface area contributed by atoms with Crippen molar-refractivity contribution in [1.82, 2.24) is 0 Å². The molecule has 0 bridgehead atoms. The van der Waals surface area contributed by atoms with Crippen molar-refractivity contribution in [1.29, 1.82) is 0 Å². The number of halogens is 1. The van der Waals surface area contributed by atoms with E-state index in [1.807, 2.05) is 25.1 Å². The van der Waals surface area contributed by atoms with Gasteiger partial charge in [-0.15, -0.1) is 6.42 Å². The quantitative estimate of drug-likeness (QED) is 0.727. The Bertz CT molecular complexity index is 325. The molecule has 0 spiro atoms. The molecule has 0 fully saturated rings. The van der Waals surface area contributed by atoms with E-state index >= 15 is 0 Å². The molecule has 0 saturated heterocycles. The lowest BCUT2D eigenvalue weighted by atomic mass is 10.0. The fourth-order valence-electron chi connectivity index (χ4n) is 1.01. The fourth-order valence-corrected chi connectivity index (χ4v) is 1.39. The molecule has 0 aromatic heterocycles. The second-order valence-electron chi connectivity index (χ2n) is 2.52. The molecule has 1 aromatic rings. The topological polar surface area (TPSA) is 20.2 Å². The van der Waals surface area contributed by atoms with Crippen LogP contribution >= 0.6 is 15.9 Å². The molecule has 0 aliphatic rings. The van der Waals surface area contributed by atoms with E-state index in [1.54, 1.807) is 0 Å². The van der Waals surface area contributed by atoms with Crippen molar-refractivity contribution in [2.24, 2.45) is 0 Å². The first-order valence-electron chi connectivity index (χ1n) is 3.56. The summed E-state index contributed by atoms with van der Waals surface area (Å²) in [6, 6.07) is 5.60. The van der Waals surface area contributed by atoms with Gasteiger partial charge in [0.15, 0.2) is 0 Å². The molecule has 1 nitrogen and oxygen atoms in total. The molecule has 0 saturated carbocycles. The maximum Gasteiger partial charge on any atom is 0.140 e. The fraction of sp³-hybridized carbons (Fsp3) is 0.200. The molecule has 1 atom stereocenters. The van der Waals surface area contributed by atoms with Gasteiger partial charge in [0.2, 0.25) is 0 Å². The number of aliphatic hydroxyl groups excluding tert-OH is 1. The van der Waals surface area contributed by atoms with Crippen molar-refractivity contribution in [3.05, 3.63) is 33.8 Å². The summed E-state index contributed by atoms with van der Waals surface area (Å²) in [5.41, 5.74) is 1.77. The van der Waals surface area contributed by atoms with Crippen LogP contribution in [-0.4, -0.2) is 5.11 Å². The molecule has 12 heavy (non-hydrogen) atoms. The molecule has 0 amide bonds. The molecule has 1 aromatic carbocycles. The van der Waals surface area contributed by atoms with Crippen LogP contribution in [0.5, 0.6) is 0 Å². The third-order valence-electron chi connectivity index (χ3n) is 1.76. The third-order valence-corrected chi connectivity index (χ3v) is 2.62. The average Bonchev–Trinajstić information content (AvgIpc) is 2.08. The van der Waals surface area contributed by atoms with E-state index in [1.165, 1.54) is 0 Å². The first kappa shape index (κ1) is 9.31. The van der Waals surface area contributed by atoms with Crippen LogP contribution in [0.25, 0.3) is 0 Å². The van der Waals surface area contributed by atoms with E-state index in [9.17, 15) is 5.11 Å². The summed E-state index contributed by atoms with van der Waals surface area (Å²) in [6.07, 6.45) is 4.30. The van der Waals surface area contributed by atoms with Crippen molar-refractivity contribution in [2.75, 3.05) is 0 Å². The van der Waals surface area contributed by atoms with Crippen molar-refractivity contribution in [3.8, 4) is 12.3 Å². The Labute approximate surface area is 80.6 Å². The predicted octanol–water partition coefficient (Wildman–Crippen LogP) is 2.42. The maximum atomic E-state index is 9.38. The highest BCUT2D eigenvalue weighted by Crippen LogP contribution is 2.23. The summed E-state index contributed by atoms with van der Waals surface area (Å²) in [6.45, 7) is 1.92. The molecular weight excluding hydrogens is 216 g/mol. The third kappa shape index (κ3) is 1.69. The normalized spacial score (nSPS) is 12.2. The lowest BCUT2D eigenvalue weighted by molar-refractivity contribution is 0.237. The summed E-state index contributed by atoms with van der Waals surface area (Å²) >= 11 is 3.36. The van der Waals surface area contributed by atoms with Crippen LogP contribution in [0.3, 0.4) is 0 Å². The molecule has 2 heteroatoms. The van der Waals surface area contributed by atoms with Crippen LogP contribution in [-0.2, 0) is 0 Å². The predicted molar refractivity (Wildman–Crippen MR) is 52.7 cm³/mol. The SMILES string of the molecule is C#CC(O)c1cccc(Br)c1C. The first-order valence-corrected chi connectivity index (χ1v) is 4.35. The molecule has 0 aliphatic carbocycles. The average molecular weight is 225 g/mol. The minimum absolute atomic E-state index is 0.784. The van der Waals surface area contributed by atoms with Crippen molar-refractivity contribution < 1.29 is 5.11 Å². The maximum absolute atomic E-state index is 9.38. The van der Waals surface area contributed by atoms with Crippen molar-refractivity contribution >= 4 is 15.9 Å². The zero-order valence-electron chi connectivity index (χ0n) is 6.71. The van der Waals surface area contributed by atoms with Crippen LogP contribution in [0.15, 0.2) is 22.7 Å². The van der Waals surface area contributed by atoms with Gasteiger partial charge < -0.3 is 5.11 Å². The second kappa shape index (κ2) is 3.75. The first-order chi connectivity index (χ1) is 5.66. The van der Waals surface area contributed by atoms with Crippen LogP contribution < -0.4 is 0 Å².